The second kappa shape index (κ2) is 13.0. The molecule has 0 radical (unpaired) electrons. The molecule has 0 aromatic heterocycles. The Hall–Kier alpha value is -2.81. The van der Waals surface area contributed by atoms with Crippen LogP contribution >= 0.6 is 11.6 Å². The molecule has 1 aliphatic heterocycles. The number of methoxy groups -OCH3 is 1. The highest BCUT2D eigenvalue weighted by Gasteiger charge is 2.38. The molecule has 1 fully saturated rings. The predicted octanol–water partition coefficient (Wildman–Crippen LogP) is 3.11. The molecular weight excluding hydrogens is 450 g/mol. The van der Waals surface area contributed by atoms with Crippen molar-refractivity contribution in [3.05, 3.63) is 34.9 Å². The molecule has 1 aliphatic rings. The summed E-state index contributed by atoms with van der Waals surface area (Å²) in [6.45, 7) is 9.42. The van der Waals surface area contributed by atoms with Gasteiger partial charge in [-0.3, -0.25) is 9.59 Å². The van der Waals surface area contributed by atoms with Crippen LogP contribution in [0.4, 0.5) is 4.79 Å². The zero-order valence-electron chi connectivity index (χ0n) is 20.1. The van der Waals surface area contributed by atoms with Gasteiger partial charge >= 0.3 is 12.1 Å². The van der Waals surface area contributed by atoms with Crippen LogP contribution in [0.25, 0.3) is 0 Å². The Kier molecular flexibility index (Phi) is 11.1. The lowest BCUT2D eigenvalue weighted by Crippen LogP contribution is -2.60. The summed E-state index contributed by atoms with van der Waals surface area (Å²) in [5, 5.41) is 2.89. The van der Waals surface area contributed by atoms with Crippen LogP contribution < -0.4 is 5.32 Å². The Labute approximate surface area is 200 Å². The number of nitrogens with one attached hydrogen (secondary N) is 1. The van der Waals surface area contributed by atoms with Crippen LogP contribution in [0.2, 0.25) is 5.02 Å². The van der Waals surface area contributed by atoms with Crippen molar-refractivity contribution in [3.63, 3.8) is 0 Å². The van der Waals surface area contributed by atoms with Gasteiger partial charge in [0.1, 0.15) is 18.2 Å². The van der Waals surface area contributed by atoms with Crippen molar-refractivity contribution in [1.29, 1.82) is 0 Å². The largest absolute Gasteiger partial charge is 0.467 e. The van der Waals surface area contributed by atoms with Crippen molar-refractivity contribution < 1.29 is 28.7 Å². The number of hydrogen-bond donors (Lipinski definition) is 1. The van der Waals surface area contributed by atoms with Crippen molar-refractivity contribution in [2.24, 2.45) is 0 Å². The van der Waals surface area contributed by atoms with Gasteiger partial charge in [-0.25, -0.2) is 9.59 Å². The Bertz CT molecular complexity index is 822. The van der Waals surface area contributed by atoms with Crippen molar-refractivity contribution in [2.45, 2.75) is 52.7 Å². The van der Waals surface area contributed by atoms with E-state index in [0.29, 0.717) is 10.6 Å². The van der Waals surface area contributed by atoms with Crippen molar-refractivity contribution in [1.82, 2.24) is 15.1 Å². The number of esters is 1. The number of halogens is 1. The fraction of sp³-hybridized carbons (Fsp3) is 0.565. The zero-order chi connectivity index (χ0) is 25.2. The number of amides is 3. The average Bonchev–Trinajstić information content (AvgIpc) is 2.76. The molecule has 33 heavy (non-hydrogen) atoms. The first-order valence-corrected chi connectivity index (χ1v) is 11.2. The Morgan fingerprint density at radius 2 is 1.67 bits per heavy atom. The highest BCUT2D eigenvalue weighted by atomic mass is 35.5. The molecule has 1 aromatic rings. The van der Waals surface area contributed by atoms with Gasteiger partial charge in [0.05, 0.1) is 13.7 Å². The summed E-state index contributed by atoms with van der Waals surface area (Å²) in [6.07, 6.45) is 0.539. The zero-order valence-corrected chi connectivity index (χ0v) is 20.9. The van der Waals surface area contributed by atoms with E-state index in [1.165, 1.54) is 23.3 Å². The molecule has 10 heteroatoms. The fourth-order valence-corrected chi connectivity index (χ4v) is 3.05. The molecule has 3 amide bonds. The number of nitrogens with zero attached hydrogens (tertiary/aromatic N) is 2. The molecule has 1 heterocycles. The van der Waals surface area contributed by atoms with Crippen LogP contribution in [0.3, 0.4) is 0 Å². The number of carbonyl (C=O) groups excluding carboxylic acids is 4. The maximum atomic E-state index is 12.9. The molecule has 1 N–H and O–H groups in total. The van der Waals surface area contributed by atoms with E-state index < -0.39 is 29.6 Å². The van der Waals surface area contributed by atoms with E-state index in [1.807, 2.05) is 0 Å². The highest BCUT2D eigenvalue weighted by molar-refractivity contribution is 6.30. The first-order chi connectivity index (χ1) is 15.4. The third-order valence-electron chi connectivity index (χ3n) is 4.34. The van der Waals surface area contributed by atoms with E-state index in [9.17, 15) is 19.2 Å². The lowest BCUT2D eigenvalue weighted by atomic mass is 10.1. The van der Waals surface area contributed by atoms with Gasteiger partial charge in [0.25, 0.3) is 5.91 Å². The highest BCUT2D eigenvalue weighted by Crippen LogP contribution is 2.17. The maximum absolute atomic E-state index is 12.9. The van der Waals surface area contributed by atoms with Crippen LogP contribution in [0.1, 0.15) is 51.4 Å². The van der Waals surface area contributed by atoms with Crippen LogP contribution in [-0.2, 0) is 19.1 Å². The van der Waals surface area contributed by atoms with Crippen LogP contribution in [-0.4, -0.2) is 78.6 Å². The standard InChI is InChI=1S/C20H26ClN3O6.C3H8/c1-20(2,3)30-19(28)22-11-16(25)23-9-10-24(15(12-23)18(27)29-4)17(26)13-5-7-14(21)8-6-13;1-3-2/h5-8,15H,9-12H2,1-4H3,(H,22,28);3H2,1-2H3/t15-;/m1./s1. The van der Waals surface area contributed by atoms with Gasteiger partial charge in [-0.1, -0.05) is 31.9 Å². The molecule has 9 nitrogen and oxygen atoms in total. The first-order valence-electron chi connectivity index (χ1n) is 10.8. The summed E-state index contributed by atoms with van der Waals surface area (Å²) < 4.78 is 9.93. The lowest BCUT2D eigenvalue weighted by Gasteiger charge is -2.40. The van der Waals surface area contributed by atoms with E-state index in [4.69, 9.17) is 21.1 Å². The topological polar surface area (TPSA) is 105 Å². The quantitative estimate of drug-likeness (QED) is 0.660. The monoisotopic (exact) mass is 483 g/mol. The van der Waals surface area contributed by atoms with Gasteiger partial charge in [-0.15, -0.1) is 0 Å². The molecule has 0 spiro atoms. The second-order valence-corrected chi connectivity index (χ2v) is 8.88. The number of carbonyl (C=O) groups is 4. The molecule has 184 valence electrons. The van der Waals surface area contributed by atoms with E-state index in [2.05, 4.69) is 19.2 Å². The lowest BCUT2D eigenvalue weighted by molar-refractivity contribution is -0.150. The molecule has 0 unspecified atom stereocenters. The van der Waals surface area contributed by atoms with Gasteiger partial charge in [-0.05, 0) is 45.0 Å². The summed E-state index contributed by atoms with van der Waals surface area (Å²) >= 11 is 5.86. The molecule has 0 aliphatic carbocycles. The smallest absolute Gasteiger partial charge is 0.408 e. The summed E-state index contributed by atoms with van der Waals surface area (Å²) in [6, 6.07) is 5.36. The van der Waals surface area contributed by atoms with E-state index in [1.54, 1.807) is 45.0 Å². The molecule has 1 aromatic carbocycles. The van der Waals surface area contributed by atoms with Gasteiger partial charge < -0.3 is 24.6 Å². The second-order valence-electron chi connectivity index (χ2n) is 8.45. The van der Waals surface area contributed by atoms with E-state index >= 15 is 0 Å². The predicted molar refractivity (Wildman–Crippen MR) is 125 cm³/mol. The number of piperazine rings is 1. The van der Waals surface area contributed by atoms with Gasteiger partial charge in [-0.2, -0.15) is 0 Å². The SMILES string of the molecule is CCC.COC(=O)[C@H]1CN(C(=O)CNC(=O)OC(C)(C)C)CCN1C(=O)c1ccc(Cl)cc1. The summed E-state index contributed by atoms with van der Waals surface area (Å²) in [5.41, 5.74) is -0.309. The molecule has 1 saturated heterocycles. The van der Waals surface area contributed by atoms with Crippen molar-refractivity contribution in [2.75, 3.05) is 33.3 Å². The maximum Gasteiger partial charge on any atom is 0.408 e. The van der Waals surface area contributed by atoms with Crippen molar-refractivity contribution >= 4 is 35.5 Å². The summed E-state index contributed by atoms with van der Waals surface area (Å²) in [5.74, 6) is -1.38. The van der Waals surface area contributed by atoms with Gasteiger partial charge in [0.15, 0.2) is 0 Å². The molecule has 1 atom stereocenters. The summed E-state index contributed by atoms with van der Waals surface area (Å²) in [7, 11) is 1.22. The van der Waals surface area contributed by atoms with Gasteiger partial charge in [0, 0.05) is 23.7 Å². The summed E-state index contributed by atoms with van der Waals surface area (Å²) in [4.78, 5) is 52.2. The van der Waals surface area contributed by atoms with Crippen molar-refractivity contribution in [3.8, 4) is 0 Å². The van der Waals surface area contributed by atoms with Gasteiger partial charge in [0.2, 0.25) is 5.91 Å². The Balaban J connectivity index is 0.00000172. The van der Waals surface area contributed by atoms with Crippen LogP contribution in [0.15, 0.2) is 24.3 Å². The normalized spacial score (nSPS) is 15.7. The Morgan fingerprint density at radius 1 is 1.09 bits per heavy atom. The number of rotatable bonds is 4. The third-order valence-corrected chi connectivity index (χ3v) is 4.59. The third kappa shape index (κ3) is 9.29. The Morgan fingerprint density at radius 3 is 2.18 bits per heavy atom. The fourth-order valence-electron chi connectivity index (χ4n) is 2.92. The minimum atomic E-state index is -0.961. The molecular formula is C23H34ClN3O6. The minimum Gasteiger partial charge on any atom is -0.467 e. The van der Waals surface area contributed by atoms with Crippen LogP contribution in [0, 0.1) is 0 Å². The number of alkyl carbamates (subject to hydrolysis) is 1. The number of hydrogen-bond acceptors (Lipinski definition) is 6. The average molecular weight is 484 g/mol. The molecule has 0 saturated carbocycles. The van der Waals surface area contributed by atoms with E-state index in [-0.39, 0.29) is 32.1 Å². The van der Waals surface area contributed by atoms with E-state index in [0.717, 1.165) is 0 Å². The first kappa shape index (κ1) is 28.2. The molecule has 0 bridgehead atoms. The number of ether oxygens (including phenoxy) is 2. The van der Waals surface area contributed by atoms with Crippen LogP contribution in [0.5, 0.6) is 0 Å². The molecule has 2 rings (SSSR count). The minimum absolute atomic E-state index is 0.0408. The number of benzene rings is 1.